The number of aromatic nitrogens is 1. The zero-order valence-electron chi connectivity index (χ0n) is 9.43. The fourth-order valence-electron chi connectivity index (χ4n) is 1.15. The summed E-state index contributed by atoms with van der Waals surface area (Å²) in [5.74, 6) is 0.0912. The van der Waals surface area contributed by atoms with Crippen molar-refractivity contribution in [1.82, 2.24) is 10.3 Å². The number of carbonyl (C=O) groups excluding carboxylic acids is 1. The molecule has 0 aliphatic carbocycles. The Kier molecular flexibility index (Phi) is 4.72. The van der Waals surface area contributed by atoms with Crippen LogP contribution in [-0.4, -0.2) is 36.3 Å². The van der Waals surface area contributed by atoms with Crippen LogP contribution in [-0.2, 0) is 0 Å². The number of rotatable bonds is 5. The summed E-state index contributed by atoms with van der Waals surface area (Å²) < 4.78 is 4.98. The minimum Gasteiger partial charge on any atom is -0.480 e. The van der Waals surface area contributed by atoms with Gasteiger partial charge in [0.25, 0.3) is 5.91 Å². The molecule has 0 aliphatic heterocycles. The Balaban J connectivity index is 2.65. The standard InChI is InChI=1S/C11H16N2O3/c1-8(7-14)6-13-10(15)9-4-3-5-12-11(9)16-2/h3-5,8,14H,6-7H2,1-2H3,(H,13,15). The van der Waals surface area contributed by atoms with Crippen molar-refractivity contribution in [3.8, 4) is 5.88 Å². The molecule has 0 aromatic carbocycles. The van der Waals surface area contributed by atoms with Gasteiger partial charge < -0.3 is 15.2 Å². The summed E-state index contributed by atoms with van der Waals surface area (Å²) in [4.78, 5) is 15.7. The smallest absolute Gasteiger partial charge is 0.256 e. The van der Waals surface area contributed by atoms with E-state index >= 15 is 0 Å². The van der Waals surface area contributed by atoms with Gasteiger partial charge in [-0.05, 0) is 18.1 Å². The van der Waals surface area contributed by atoms with E-state index in [0.29, 0.717) is 18.0 Å². The Bertz CT molecular complexity index is 355. The van der Waals surface area contributed by atoms with E-state index in [1.807, 2.05) is 6.92 Å². The molecular weight excluding hydrogens is 208 g/mol. The topological polar surface area (TPSA) is 71.5 Å². The predicted molar refractivity (Wildman–Crippen MR) is 59.4 cm³/mol. The lowest BCUT2D eigenvalue weighted by molar-refractivity contribution is 0.0938. The van der Waals surface area contributed by atoms with E-state index in [-0.39, 0.29) is 18.4 Å². The van der Waals surface area contributed by atoms with Crippen molar-refractivity contribution < 1.29 is 14.6 Å². The summed E-state index contributed by atoms with van der Waals surface area (Å²) in [6.45, 7) is 2.32. The molecule has 1 aromatic rings. The third-order valence-corrected chi connectivity index (χ3v) is 2.13. The van der Waals surface area contributed by atoms with E-state index in [0.717, 1.165) is 0 Å². The molecule has 16 heavy (non-hydrogen) atoms. The minimum absolute atomic E-state index is 0.0339. The largest absolute Gasteiger partial charge is 0.480 e. The summed E-state index contributed by atoms with van der Waals surface area (Å²) in [6.07, 6.45) is 1.56. The average molecular weight is 224 g/mol. The maximum Gasteiger partial charge on any atom is 0.256 e. The molecule has 0 bridgehead atoms. The maximum absolute atomic E-state index is 11.7. The van der Waals surface area contributed by atoms with E-state index in [2.05, 4.69) is 10.3 Å². The molecule has 1 unspecified atom stereocenters. The van der Waals surface area contributed by atoms with Crippen molar-refractivity contribution in [2.24, 2.45) is 5.92 Å². The predicted octanol–water partition coefficient (Wildman–Crippen LogP) is 0.448. The molecule has 0 fully saturated rings. The van der Waals surface area contributed by atoms with Crippen LogP contribution in [0.1, 0.15) is 17.3 Å². The first-order chi connectivity index (χ1) is 7.69. The molecular formula is C11H16N2O3. The highest BCUT2D eigenvalue weighted by Crippen LogP contribution is 2.12. The molecule has 1 amide bonds. The summed E-state index contributed by atoms with van der Waals surface area (Å²) in [5, 5.41) is 11.5. The van der Waals surface area contributed by atoms with Crippen molar-refractivity contribution in [1.29, 1.82) is 0 Å². The van der Waals surface area contributed by atoms with Crippen LogP contribution in [0.5, 0.6) is 5.88 Å². The number of hydrogen-bond acceptors (Lipinski definition) is 4. The van der Waals surface area contributed by atoms with Crippen LogP contribution in [0.4, 0.5) is 0 Å². The van der Waals surface area contributed by atoms with E-state index in [1.165, 1.54) is 7.11 Å². The van der Waals surface area contributed by atoms with Crippen LogP contribution in [0.3, 0.4) is 0 Å². The lowest BCUT2D eigenvalue weighted by Crippen LogP contribution is -2.29. The summed E-state index contributed by atoms with van der Waals surface area (Å²) in [7, 11) is 1.47. The van der Waals surface area contributed by atoms with Gasteiger partial charge in [0.15, 0.2) is 0 Å². The van der Waals surface area contributed by atoms with Crippen molar-refractivity contribution in [2.75, 3.05) is 20.3 Å². The van der Waals surface area contributed by atoms with E-state index in [9.17, 15) is 4.79 Å². The van der Waals surface area contributed by atoms with Crippen LogP contribution >= 0.6 is 0 Å². The highest BCUT2D eigenvalue weighted by atomic mass is 16.5. The number of ether oxygens (including phenoxy) is 1. The van der Waals surface area contributed by atoms with Gasteiger partial charge in [-0.15, -0.1) is 0 Å². The molecule has 1 rings (SSSR count). The number of hydrogen-bond donors (Lipinski definition) is 2. The lowest BCUT2D eigenvalue weighted by Gasteiger charge is -2.10. The third kappa shape index (κ3) is 3.20. The van der Waals surface area contributed by atoms with Gasteiger partial charge in [0, 0.05) is 19.3 Å². The number of aliphatic hydroxyl groups is 1. The maximum atomic E-state index is 11.7. The van der Waals surface area contributed by atoms with Crippen LogP contribution < -0.4 is 10.1 Å². The van der Waals surface area contributed by atoms with Gasteiger partial charge in [-0.1, -0.05) is 6.92 Å². The monoisotopic (exact) mass is 224 g/mol. The van der Waals surface area contributed by atoms with Crippen LogP contribution in [0, 0.1) is 5.92 Å². The van der Waals surface area contributed by atoms with Gasteiger partial charge in [-0.3, -0.25) is 4.79 Å². The molecule has 88 valence electrons. The summed E-state index contributed by atoms with van der Waals surface area (Å²) >= 11 is 0. The molecule has 5 nitrogen and oxygen atoms in total. The van der Waals surface area contributed by atoms with Crippen LogP contribution in [0.15, 0.2) is 18.3 Å². The van der Waals surface area contributed by atoms with Crippen LogP contribution in [0.2, 0.25) is 0 Å². The first kappa shape index (κ1) is 12.4. The minimum atomic E-state index is -0.245. The second-order valence-electron chi connectivity index (χ2n) is 3.56. The van der Waals surface area contributed by atoms with Gasteiger partial charge in [0.1, 0.15) is 5.56 Å². The second-order valence-corrected chi connectivity index (χ2v) is 3.56. The Hall–Kier alpha value is -1.62. The molecule has 5 heteroatoms. The molecule has 1 aromatic heterocycles. The van der Waals surface area contributed by atoms with Crippen molar-refractivity contribution in [3.05, 3.63) is 23.9 Å². The Morgan fingerprint density at radius 3 is 3.06 bits per heavy atom. The molecule has 0 spiro atoms. The number of nitrogens with one attached hydrogen (secondary N) is 1. The zero-order valence-corrected chi connectivity index (χ0v) is 9.43. The van der Waals surface area contributed by atoms with Crippen molar-refractivity contribution in [3.63, 3.8) is 0 Å². The number of amides is 1. The fraction of sp³-hybridized carbons (Fsp3) is 0.455. The number of pyridine rings is 1. The average Bonchev–Trinajstić information content (AvgIpc) is 2.35. The molecule has 2 N–H and O–H groups in total. The molecule has 1 heterocycles. The fourth-order valence-corrected chi connectivity index (χ4v) is 1.15. The first-order valence-corrected chi connectivity index (χ1v) is 5.07. The van der Waals surface area contributed by atoms with E-state index in [1.54, 1.807) is 18.3 Å². The van der Waals surface area contributed by atoms with E-state index < -0.39 is 0 Å². The Morgan fingerprint density at radius 1 is 1.69 bits per heavy atom. The second kappa shape index (κ2) is 6.07. The van der Waals surface area contributed by atoms with Crippen molar-refractivity contribution >= 4 is 5.91 Å². The van der Waals surface area contributed by atoms with Gasteiger partial charge >= 0.3 is 0 Å². The molecule has 0 saturated heterocycles. The van der Waals surface area contributed by atoms with Gasteiger partial charge in [0.05, 0.1) is 7.11 Å². The Morgan fingerprint density at radius 2 is 2.44 bits per heavy atom. The van der Waals surface area contributed by atoms with Gasteiger partial charge in [-0.25, -0.2) is 4.98 Å². The molecule has 1 atom stereocenters. The quantitative estimate of drug-likeness (QED) is 0.761. The summed E-state index contributed by atoms with van der Waals surface area (Å²) in [5.41, 5.74) is 0.398. The molecule has 0 saturated carbocycles. The zero-order chi connectivity index (χ0) is 12.0. The highest BCUT2D eigenvalue weighted by molar-refractivity contribution is 5.96. The summed E-state index contributed by atoms with van der Waals surface area (Å²) in [6, 6.07) is 3.32. The normalized spacial score (nSPS) is 11.9. The van der Waals surface area contributed by atoms with E-state index in [4.69, 9.17) is 9.84 Å². The number of methoxy groups -OCH3 is 1. The number of carbonyl (C=O) groups is 1. The van der Waals surface area contributed by atoms with Gasteiger partial charge in [0.2, 0.25) is 5.88 Å². The first-order valence-electron chi connectivity index (χ1n) is 5.07. The molecule has 0 radical (unpaired) electrons. The van der Waals surface area contributed by atoms with Crippen molar-refractivity contribution in [2.45, 2.75) is 6.92 Å². The third-order valence-electron chi connectivity index (χ3n) is 2.13. The SMILES string of the molecule is COc1ncccc1C(=O)NCC(C)CO. The number of nitrogens with zero attached hydrogens (tertiary/aromatic N) is 1. The highest BCUT2D eigenvalue weighted by Gasteiger charge is 2.12. The number of aliphatic hydroxyl groups excluding tert-OH is 1. The van der Waals surface area contributed by atoms with Crippen LogP contribution in [0.25, 0.3) is 0 Å². The lowest BCUT2D eigenvalue weighted by atomic mass is 10.2. The van der Waals surface area contributed by atoms with Gasteiger partial charge in [-0.2, -0.15) is 0 Å². The Labute approximate surface area is 94.5 Å². The molecule has 0 aliphatic rings.